The average Bonchev–Trinajstić information content (AvgIpc) is 2.92. The zero-order valence-corrected chi connectivity index (χ0v) is 24.5. The van der Waals surface area contributed by atoms with Crippen molar-refractivity contribution in [1.82, 2.24) is 0 Å². The van der Waals surface area contributed by atoms with Gasteiger partial charge < -0.3 is 14.3 Å². The van der Waals surface area contributed by atoms with Crippen LogP contribution in [0.1, 0.15) is 65.4 Å². The highest BCUT2D eigenvalue weighted by Crippen LogP contribution is 2.36. The molecule has 1 N–H and O–H groups in total. The maximum atomic E-state index is 10.6. The lowest BCUT2D eigenvalue weighted by Crippen LogP contribution is -2.66. The molecule has 3 nitrogen and oxygen atoms in total. The lowest BCUT2D eigenvalue weighted by molar-refractivity contribution is 0.00935. The molecule has 3 aromatic rings. The van der Waals surface area contributed by atoms with Gasteiger partial charge in [-0.3, -0.25) is 0 Å². The molecule has 0 aliphatic carbocycles. The Labute approximate surface area is 231 Å². The highest BCUT2D eigenvalue weighted by molar-refractivity contribution is 6.99. The monoisotopic (exact) mass is 528 g/mol. The van der Waals surface area contributed by atoms with Gasteiger partial charge in [0.2, 0.25) is 0 Å². The topological polar surface area (TPSA) is 38.7 Å². The number of hydrogen-bond acceptors (Lipinski definition) is 3. The molecule has 0 aliphatic rings. The van der Waals surface area contributed by atoms with Crippen LogP contribution in [0.25, 0.3) is 0 Å². The highest BCUT2D eigenvalue weighted by atomic mass is 28.4. The molecule has 0 bridgehead atoms. The van der Waals surface area contributed by atoms with E-state index in [1.54, 1.807) is 0 Å². The highest BCUT2D eigenvalue weighted by Gasteiger charge is 2.49. The number of aliphatic hydroxyl groups excluding tert-OH is 1. The van der Waals surface area contributed by atoms with Gasteiger partial charge in [-0.05, 0) is 33.8 Å². The van der Waals surface area contributed by atoms with Crippen LogP contribution in [0.3, 0.4) is 0 Å². The standard InChI is InChI=1S/C34H44O3Si/c1-5-18-31(36-28-29-19-10-6-11-20-29)27-30(35)21-12-9-17-26-37-38(34(2,3)4,32-22-13-7-14-23-32)33-24-15-8-16-25-33/h6-8,10-11,13-16,19-20,22-25,30-31,35H,5,9,17-18,26-28H2,1-4H3/t30?,31-/m0/s1. The summed E-state index contributed by atoms with van der Waals surface area (Å²) in [5.74, 6) is 6.23. The van der Waals surface area contributed by atoms with Crippen LogP contribution in [0.5, 0.6) is 0 Å². The summed E-state index contributed by atoms with van der Waals surface area (Å²) in [7, 11) is -2.51. The number of hydrogen-bond donors (Lipinski definition) is 1. The fraction of sp³-hybridized carbons (Fsp3) is 0.412. The molecule has 1 unspecified atom stereocenters. The molecule has 3 aromatic carbocycles. The maximum Gasteiger partial charge on any atom is 0.261 e. The summed E-state index contributed by atoms with van der Waals surface area (Å²) in [6.07, 6.45) is 3.30. The molecule has 38 heavy (non-hydrogen) atoms. The molecule has 0 spiro atoms. The normalized spacial score (nSPS) is 13.4. The first-order valence-electron chi connectivity index (χ1n) is 13.9. The van der Waals surface area contributed by atoms with Crippen LogP contribution in [0.2, 0.25) is 5.04 Å². The van der Waals surface area contributed by atoms with E-state index in [0.717, 1.165) is 24.8 Å². The first-order valence-corrected chi connectivity index (χ1v) is 15.8. The molecule has 0 saturated heterocycles. The molecule has 0 radical (unpaired) electrons. The second kappa shape index (κ2) is 15.0. The van der Waals surface area contributed by atoms with Crippen LogP contribution in [-0.2, 0) is 15.8 Å². The van der Waals surface area contributed by atoms with Gasteiger partial charge in [-0.2, -0.15) is 0 Å². The van der Waals surface area contributed by atoms with Crippen LogP contribution in [0.4, 0.5) is 0 Å². The first-order chi connectivity index (χ1) is 18.4. The Morgan fingerprint density at radius 3 is 1.92 bits per heavy atom. The van der Waals surface area contributed by atoms with Gasteiger partial charge >= 0.3 is 0 Å². The van der Waals surface area contributed by atoms with E-state index < -0.39 is 14.4 Å². The van der Waals surface area contributed by atoms with E-state index in [1.165, 1.54) is 10.4 Å². The van der Waals surface area contributed by atoms with E-state index >= 15 is 0 Å². The van der Waals surface area contributed by atoms with Gasteiger partial charge in [0.25, 0.3) is 8.32 Å². The molecule has 2 atom stereocenters. The summed E-state index contributed by atoms with van der Waals surface area (Å²) in [5.41, 5.74) is 1.15. The molecule has 202 valence electrons. The van der Waals surface area contributed by atoms with Gasteiger partial charge in [0.1, 0.15) is 6.10 Å². The number of rotatable bonds is 13. The Morgan fingerprint density at radius 1 is 0.842 bits per heavy atom. The predicted octanol–water partition coefficient (Wildman–Crippen LogP) is 6.48. The second-order valence-electron chi connectivity index (χ2n) is 10.9. The number of unbranched alkanes of at least 4 members (excludes halogenated alkanes) is 1. The van der Waals surface area contributed by atoms with Crippen molar-refractivity contribution in [2.75, 3.05) is 6.61 Å². The largest absolute Gasteiger partial charge is 0.407 e. The molecule has 0 saturated carbocycles. The number of ether oxygens (including phenoxy) is 1. The van der Waals surface area contributed by atoms with Crippen molar-refractivity contribution in [2.24, 2.45) is 0 Å². The molecule has 0 amide bonds. The quantitative estimate of drug-likeness (QED) is 0.157. The van der Waals surface area contributed by atoms with Crippen molar-refractivity contribution >= 4 is 18.7 Å². The molecular formula is C34H44O3Si. The minimum atomic E-state index is -2.51. The van der Waals surface area contributed by atoms with E-state index in [2.05, 4.69) is 112 Å². The summed E-state index contributed by atoms with van der Waals surface area (Å²) in [4.78, 5) is 0. The predicted molar refractivity (Wildman–Crippen MR) is 161 cm³/mol. The van der Waals surface area contributed by atoms with Crippen molar-refractivity contribution in [3.8, 4) is 11.8 Å². The van der Waals surface area contributed by atoms with E-state index in [0.29, 0.717) is 26.1 Å². The molecule has 0 heterocycles. The van der Waals surface area contributed by atoms with Gasteiger partial charge in [-0.25, -0.2) is 0 Å². The van der Waals surface area contributed by atoms with Gasteiger partial charge in [-0.1, -0.05) is 131 Å². The Hall–Kier alpha value is -2.68. The van der Waals surface area contributed by atoms with Crippen LogP contribution in [0.15, 0.2) is 91.0 Å². The average molecular weight is 529 g/mol. The molecule has 4 heteroatoms. The third kappa shape index (κ3) is 8.41. The second-order valence-corrected chi connectivity index (χ2v) is 15.2. The fourth-order valence-corrected chi connectivity index (χ4v) is 9.63. The van der Waals surface area contributed by atoms with E-state index in [4.69, 9.17) is 9.16 Å². The van der Waals surface area contributed by atoms with E-state index in [1.807, 2.05) is 18.2 Å². The van der Waals surface area contributed by atoms with E-state index in [-0.39, 0.29) is 11.1 Å². The molecule has 0 fully saturated rings. The summed E-state index contributed by atoms with van der Waals surface area (Å²) in [5, 5.41) is 13.1. The van der Waals surface area contributed by atoms with Crippen molar-refractivity contribution in [3.63, 3.8) is 0 Å². The van der Waals surface area contributed by atoms with Crippen molar-refractivity contribution in [2.45, 2.75) is 83.7 Å². The van der Waals surface area contributed by atoms with Gasteiger partial charge in [0.15, 0.2) is 0 Å². The first kappa shape index (κ1) is 29.9. The Balaban J connectivity index is 1.58. The SMILES string of the molecule is CCC[C@@H](CC(O)C#CCCCO[Si](c1ccccc1)(c1ccccc1)C(C)(C)C)OCc1ccccc1. The number of benzene rings is 3. The van der Waals surface area contributed by atoms with Crippen LogP contribution >= 0.6 is 0 Å². The van der Waals surface area contributed by atoms with Crippen LogP contribution < -0.4 is 10.4 Å². The van der Waals surface area contributed by atoms with Crippen LogP contribution in [-0.4, -0.2) is 32.2 Å². The van der Waals surface area contributed by atoms with Crippen LogP contribution in [0, 0.1) is 11.8 Å². The molecular weight excluding hydrogens is 484 g/mol. The van der Waals surface area contributed by atoms with Crippen molar-refractivity contribution < 1.29 is 14.3 Å². The minimum Gasteiger partial charge on any atom is -0.407 e. The zero-order valence-electron chi connectivity index (χ0n) is 23.5. The zero-order chi connectivity index (χ0) is 27.3. The van der Waals surface area contributed by atoms with Gasteiger partial charge in [0, 0.05) is 19.4 Å². The Kier molecular flexibility index (Phi) is 11.8. The van der Waals surface area contributed by atoms with Gasteiger partial charge in [0.05, 0.1) is 12.7 Å². The summed E-state index contributed by atoms with van der Waals surface area (Å²) < 4.78 is 13.0. The van der Waals surface area contributed by atoms with Crippen molar-refractivity contribution in [1.29, 1.82) is 0 Å². The maximum absolute atomic E-state index is 10.6. The molecule has 3 rings (SSSR count). The number of aliphatic hydroxyl groups is 1. The summed E-state index contributed by atoms with van der Waals surface area (Å²) >= 11 is 0. The van der Waals surface area contributed by atoms with Gasteiger partial charge in [-0.15, -0.1) is 5.92 Å². The third-order valence-corrected chi connectivity index (χ3v) is 11.9. The lowest BCUT2D eigenvalue weighted by Gasteiger charge is -2.43. The third-order valence-electron chi connectivity index (χ3n) is 6.88. The molecule has 0 aromatic heterocycles. The Bertz CT molecular complexity index is 1070. The summed E-state index contributed by atoms with van der Waals surface area (Å²) in [6.45, 7) is 10.2. The molecule has 0 aliphatic heterocycles. The van der Waals surface area contributed by atoms with Crippen molar-refractivity contribution in [3.05, 3.63) is 96.6 Å². The minimum absolute atomic E-state index is 0.00277. The van der Waals surface area contributed by atoms with E-state index in [9.17, 15) is 5.11 Å². The summed E-state index contributed by atoms with van der Waals surface area (Å²) in [6, 6.07) is 31.6. The Morgan fingerprint density at radius 2 is 1.39 bits per heavy atom. The lowest BCUT2D eigenvalue weighted by atomic mass is 10.1. The smallest absolute Gasteiger partial charge is 0.261 e. The fourth-order valence-electron chi connectivity index (χ4n) is 5.02.